The van der Waals surface area contributed by atoms with Crippen LogP contribution in [0.25, 0.3) is 17.0 Å². The van der Waals surface area contributed by atoms with Crippen molar-refractivity contribution in [3.8, 4) is 11.4 Å². The summed E-state index contributed by atoms with van der Waals surface area (Å²) < 4.78 is 5.81. The Balaban J connectivity index is 1.77. The summed E-state index contributed by atoms with van der Waals surface area (Å²) in [6, 6.07) is 15.7. The van der Waals surface area contributed by atoms with Crippen LogP contribution < -0.4 is 5.32 Å². The molecule has 1 aromatic heterocycles. The Bertz CT molecular complexity index is 1170. The Hall–Kier alpha value is -2.35. The lowest BCUT2D eigenvalue weighted by Crippen LogP contribution is -2.46. The number of nitrogens with one attached hydrogen (secondary N) is 1. The minimum atomic E-state index is -0.237. The Kier molecular flexibility index (Phi) is 7.41. The van der Waals surface area contributed by atoms with Crippen LogP contribution in [0.2, 0.25) is 5.02 Å². The van der Waals surface area contributed by atoms with Gasteiger partial charge in [0.15, 0.2) is 5.11 Å². The Morgan fingerprint density at radius 3 is 2.64 bits per heavy atom. The van der Waals surface area contributed by atoms with Crippen molar-refractivity contribution in [3.05, 3.63) is 70.7 Å². The summed E-state index contributed by atoms with van der Waals surface area (Å²) >= 11 is 13.8. The summed E-state index contributed by atoms with van der Waals surface area (Å²) in [6.07, 6.45) is 3.07. The molecule has 0 saturated carbocycles. The van der Waals surface area contributed by atoms with Crippen LogP contribution in [0.4, 0.5) is 0 Å². The van der Waals surface area contributed by atoms with Gasteiger partial charge in [-0.05, 0) is 79.7 Å². The zero-order chi connectivity index (χ0) is 23.5. The maximum Gasteiger partial charge on any atom is 0.258 e. The van der Waals surface area contributed by atoms with Crippen LogP contribution in [-0.4, -0.2) is 33.0 Å². The summed E-state index contributed by atoms with van der Waals surface area (Å²) in [6.45, 7) is 7.30. The van der Waals surface area contributed by atoms with E-state index in [4.69, 9.17) is 33.3 Å². The molecule has 5 nitrogen and oxygen atoms in total. The lowest BCUT2D eigenvalue weighted by molar-refractivity contribution is 0.390. The van der Waals surface area contributed by atoms with Crippen molar-refractivity contribution in [1.82, 2.24) is 20.4 Å². The van der Waals surface area contributed by atoms with Crippen molar-refractivity contribution in [3.63, 3.8) is 0 Å². The second kappa shape index (κ2) is 10.3. The predicted octanol–water partition coefficient (Wildman–Crippen LogP) is 6.82. The first-order valence-electron chi connectivity index (χ1n) is 10.9. The fourth-order valence-electron chi connectivity index (χ4n) is 3.84. The molecule has 1 unspecified atom stereocenters. The van der Waals surface area contributed by atoms with Gasteiger partial charge < -0.3 is 14.7 Å². The highest BCUT2D eigenvalue weighted by Gasteiger charge is 2.34. The first-order chi connectivity index (χ1) is 15.9. The van der Waals surface area contributed by atoms with E-state index in [9.17, 15) is 0 Å². The van der Waals surface area contributed by atoms with Crippen LogP contribution in [0.15, 0.2) is 63.6 Å². The molecule has 0 bridgehead atoms. The van der Waals surface area contributed by atoms with E-state index in [2.05, 4.69) is 54.5 Å². The molecule has 0 saturated heterocycles. The number of thiocarbonyl (C=S) groups is 1. The van der Waals surface area contributed by atoms with Crippen molar-refractivity contribution in [2.24, 2.45) is 5.92 Å². The average Bonchev–Trinajstić information content (AvgIpc) is 3.28. The number of benzene rings is 2. The van der Waals surface area contributed by atoms with E-state index in [0.717, 1.165) is 35.4 Å². The quantitative estimate of drug-likeness (QED) is 0.283. The van der Waals surface area contributed by atoms with Crippen molar-refractivity contribution < 1.29 is 4.52 Å². The van der Waals surface area contributed by atoms with Crippen LogP contribution in [0.3, 0.4) is 0 Å². The van der Waals surface area contributed by atoms with Gasteiger partial charge in [-0.25, -0.2) is 0 Å². The van der Waals surface area contributed by atoms with Gasteiger partial charge >= 0.3 is 0 Å². The summed E-state index contributed by atoms with van der Waals surface area (Å²) in [5.41, 5.74) is 3.83. The van der Waals surface area contributed by atoms with E-state index in [-0.39, 0.29) is 6.04 Å². The Morgan fingerprint density at radius 2 is 1.97 bits per heavy atom. The van der Waals surface area contributed by atoms with Gasteiger partial charge in [-0.1, -0.05) is 42.7 Å². The number of hydrogen-bond donors (Lipinski definition) is 1. The first-order valence-corrected chi connectivity index (χ1v) is 12.9. The monoisotopic (exact) mass is 498 g/mol. The van der Waals surface area contributed by atoms with Gasteiger partial charge in [0.05, 0.1) is 11.6 Å². The number of halogens is 1. The molecule has 1 aliphatic rings. The van der Waals surface area contributed by atoms with Crippen molar-refractivity contribution in [1.29, 1.82) is 0 Å². The van der Waals surface area contributed by atoms with E-state index in [1.165, 1.54) is 4.90 Å². The molecule has 0 spiro atoms. The topological polar surface area (TPSA) is 54.2 Å². The van der Waals surface area contributed by atoms with Gasteiger partial charge in [0.25, 0.3) is 5.89 Å². The molecule has 172 valence electrons. The number of hydrogen-bond acceptors (Lipinski definition) is 5. The molecular formula is C25H27ClN4OS2. The van der Waals surface area contributed by atoms with Crippen LogP contribution in [-0.2, 0) is 0 Å². The highest BCUT2D eigenvalue weighted by Crippen LogP contribution is 2.38. The third-order valence-corrected chi connectivity index (χ3v) is 7.03. The molecule has 4 rings (SSSR count). The second-order valence-corrected chi connectivity index (χ2v) is 10.1. The maximum absolute atomic E-state index is 6.31. The smallest absolute Gasteiger partial charge is 0.258 e. The highest BCUT2D eigenvalue weighted by molar-refractivity contribution is 7.98. The summed E-state index contributed by atoms with van der Waals surface area (Å²) in [5, 5.41) is 9.13. The number of rotatable bonds is 7. The molecule has 8 heteroatoms. The van der Waals surface area contributed by atoms with Gasteiger partial charge in [0, 0.05) is 27.7 Å². The molecule has 1 N–H and O–H groups in total. The van der Waals surface area contributed by atoms with E-state index in [0.29, 0.717) is 27.8 Å². The molecule has 2 heterocycles. The van der Waals surface area contributed by atoms with Gasteiger partial charge in [0.2, 0.25) is 5.82 Å². The van der Waals surface area contributed by atoms with Gasteiger partial charge in [-0.3, -0.25) is 0 Å². The summed E-state index contributed by atoms with van der Waals surface area (Å²) in [4.78, 5) is 8.09. The summed E-state index contributed by atoms with van der Waals surface area (Å²) in [7, 11) is 0. The number of aromatic nitrogens is 2. The molecule has 1 aliphatic heterocycles. The zero-order valence-electron chi connectivity index (χ0n) is 19.1. The molecule has 0 aliphatic carbocycles. The number of thioether (sulfide) groups is 1. The largest absolute Gasteiger partial charge is 0.351 e. The molecule has 0 amide bonds. The SMILES string of the molecule is CSc1ccc(-c2noc(C3=C(C)N(CCC(C)C)C(=S)NC3c3cccc(Cl)c3)n2)cc1. The second-order valence-electron chi connectivity index (χ2n) is 8.42. The molecule has 2 aromatic carbocycles. The van der Waals surface area contributed by atoms with Crippen molar-refractivity contribution >= 4 is 46.3 Å². The minimum absolute atomic E-state index is 0.237. The highest BCUT2D eigenvalue weighted by atomic mass is 35.5. The predicted molar refractivity (Wildman–Crippen MR) is 140 cm³/mol. The van der Waals surface area contributed by atoms with E-state index in [1.807, 2.05) is 36.4 Å². The molecule has 0 radical (unpaired) electrons. The Morgan fingerprint density at radius 1 is 1.21 bits per heavy atom. The number of nitrogens with zero attached hydrogens (tertiary/aromatic N) is 3. The molecule has 1 atom stereocenters. The van der Waals surface area contributed by atoms with Crippen molar-refractivity contribution in [2.75, 3.05) is 12.8 Å². The van der Waals surface area contributed by atoms with Gasteiger partial charge in [0.1, 0.15) is 0 Å². The maximum atomic E-state index is 6.31. The summed E-state index contributed by atoms with van der Waals surface area (Å²) in [5.74, 6) is 1.60. The number of allylic oxidation sites excluding steroid dienone is 1. The molecular weight excluding hydrogens is 472 g/mol. The Labute approximate surface area is 209 Å². The molecule has 33 heavy (non-hydrogen) atoms. The molecule has 0 fully saturated rings. The fraction of sp³-hybridized carbons (Fsp3) is 0.320. The van der Waals surface area contributed by atoms with Crippen LogP contribution >= 0.6 is 35.6 Å². The van der Waals surface area contributed by atoms with Crippen molar-refractivity contribution in [2.45, 2.75) is 38.1 Å². The average molecular weight is 499 g/mol. The fourth-order valence-corrected chi connectivity index (χ4v) is 4.79. The lowest BCUT2D eigenvalue weighted by atomic mass is 9.94. The zero-order valence-corrected chi connectivity index (χ0v) is 21.5. The molecule has 3 aromatic rings. The third kappa shape index (κ3) is 5.26. The van der Waals surface area contributed by atoms with Crippen LogP contribution in [0.1, 0.15) is 44.7 Å². The standard InChI is InChI=1S/C25H27ClN4OS2/c1-15(2)12-13-30-16(3)21(22(27-25(30)32)18-6-5-7-19(26)14-18)24-28-23(29-31-24)17-8-10-20(33-4)11-9-17/h5-11,14-15,22H,12-13H2,1-4H3,(H,27,32). The normalized spacial score (nSPS) is 16.5. The third-order valence-electron chi connectivity index (χ3n) is 5.71. The van der Waals surface area contributed by atoms with Crippen LogP contribution in [0.5, 0.6) is 0 Å². The first kappa shape index (κ1) is 23.8. The van der Waals surface area contributed by atoms with Crippen LogP contribution in [0, 0.1) is 5.92 Å². The van der Waals surface area contributed by atoms with Gasteiger partial charge in [-0.2, -0.15) is 4.98 Å². The van der Waals surface area contributed by atoms with Gasteiger partial charge in [-0.15, -0.1) is 11.8 Å². The van der Waals surface area contributed by atoms with E-state index in [1.54, 1.807) is 11.8 Å². The minimum Gasteiger partial charge on any atom is -0.351 e. The van der Waals surface area contributed by atoms with E-state index >= 15 is 0 Å². The van der Waals surface area contributed by atoms with E-state index < -0.39 is 0 Å². The lowest BCUT2D eigenvalue weighted by Gasteiger charge is -2.37.